The molecule has 2 aromatic carbocycles. The quantitative estimate of drug-likeness (QED) is 0.644. The van der Waals surface area contributed by atoms with Crippen LogP contribution >= 0.6 is 34.7 Å². The number of hydrogen-bond acceptors (Lipinski definition) is 5. The number of aromatic nitrogens is 1. The summed E-state index contributed by atoms with van der Waals surface area (Å²) in [6.45, 7) is 1.56. The van der Waals surface area contributed by atoms with Gasteiger partial charge in [-0.2, -0.15) is 0 Å². The Kier molecular flexibility index (Phi) is 5.18. The van der Waals surface area contributed by atoms with Gasteiger partial charge in [0, 0.05) is 16.3 Å². The van der Waals surface area contributed by atoms with Gasteiger partial charge in [-0.3, -0.25) is 9.59 Å². The average Bonchev–Trinajstić information content (AvgIpc) is 2.95. The number of amides is 1. The molecule has 0 atom stereocenters. The SMILES string of the molecule is CC(=O)CSc1nc2ccc(NC(=O)c3ccc(Cl)cc3)cc2s1. The number of rotatable bonds is 5. The Hall–Kier alpha value is -1.89. The van der Waals surface area contributed by atoms with Crippen molar-refractivity contribution in [2.75, 3.05) is 11.1 Å². The number of anilines is 1. The van der Waals surface area contributed by atoms with E-state index in [0.29, 0.717) is 22.0 Å². The Morgan fingerprint density at radius 2 is 1.96 bits per heavy atom. The van der Waals surface area contributed by atoms with Gasteiger partial charge in [-0.1, -0.05) is 23.4 Å². The first kappa shape index (κ1) is 17.0. The molecule has 3 rings (SSSR count). The van der Waals surface area contributed by atoms with Crippen molar-refractivity contribution in [3.05, 3.63) is 53.1 Å². The topological polar surface area (TPSA) is 59.1 Å². The minimum atomic E-state index is -0.193. The van der Waals surface area contributed by atoms with Crippen molar-refractivity contribution < 1.29 is 9.59 Å². The number of nitrogens with one attached hydrogen (secondary N) is 1. The second kappa shape index (κ2) is 7.34. The van der Waals surface area contributed by atoms with Crippen LogP contribution in [0.3, 0.4) is 0 Å². The molecule has 0 aliphatic rings. The van der Waals surface area contributed by atoms with Gasteiger partial charge in [-0.15, -0.1) is 11.3 Å². The fourth-order valence-corrected chi connectivity index (χ4v) is 4.04. The summed E-state index contributed by atoms with van der Waals surface area (Å²) in [4.78, 5) is 27.8. The van der Waals surface area contributed by atoms with E-state index in [1.165, 1.54) is 23.1 Å². The molecule has 1 amide bonds. The van der Waals surface area contributed by atoms with Gasteiger partial charge < -0.3 is 5.32 Å². The van der Waals surface area contributed by atoms with Crippen molar-refractivity contribution in [1.82, 2.24) is 4.98 Å². The summed E-state index contributed by atoms with van der Waals surface area (Å²) in [5, 5.41) is 3.46. The van der Waals surface area contributed by atoms with Crippen LogP contribution in [-0.2, 0) is 4.79 Å². The Morgan fingerprint density at radius 3 is 2.67 bits per heavy atom. The predicted molar refractivity (Wildman–Crippen MR) is 100 cm³/mol. The van der Waals surface area contributed by atoms with E-state index in [2.05, 4.69) is 10.3 Å². The summed E-state index contributed by atoms with van der Waals surface area (Å²) in [6, 6.07) is 12.3. The smallest absolute Gasteiger partial charge is 0.255 e. The third-order valence-corrected chi connectivity index (χ3v) is 5.69. The molecular weight excluding hydrogens is 364 g/mol. The van der Waals surface area contributed by atoms with Crippen LogP contribution in [0.25, 0.3) is 10.2 Å². The van der Waals surface area contributed by atoms with Crippen molar-refractivity contribution in [1.29, 1.82) is 0 Å². The van der Waals surface area contributed by atoms with Crippen LogP contribution < -0.4 is 5.32 Å². The molecule has 3 aromatic rings. The van der Waals surface area contributed by atoms with Gasteiger partial charge in [0.1, 0.15) is 5.78 Å². The molecule has 0 radical (unpaired) electrons. The fourth-order valence-electron chi connectivity index (χ4n) is 2.01. The molecule has 0 bridgehead atoms. The molecule has 0 unspecified atom stereocenters. The number of carbonyl (C=O) groups excluding carboxylic acids is 2. The number of hydrogen-bond donors (Lipinski definition) is 1. The normalized spacial score (nSPS) is 10.8. The summed E-state index contributed by atoms with van der Waals surface area (Å²) in [5.41, 5.74) is 2.10. The van der Waals surface area contributed by atoms with Gasteiger partial charge in [-0.05, 0) is 49.4 Å². The Morgan fingerprint density at radius 1 is 1.21 bits per heavy atom. The molecular formula is C17H13ClN2O2S2. The molecule has 0 spiro atoms. The molecule has 1 heterocycles. The van der Waals surface area contributed by atoms with Crippen LogP contribution in [0.15, 0.2) is 46.8 Å². The third-order valence-electron chi connectivity index (χ3n) is 3.13. The van der Waals surface area contributed by atoms with Gasteiger partial charge in [0.2, 0.25) is 0 Å². The molecule has 0 saturated carbocycles. The standard InChI is InChI=1S/C17H13ClN2O2S2/c1-10(21)9-23-17-20-14-7-6-13(8-15(14)24-17)19-16(22)11-2-4-12(18)5-3-11/h2-8H,9H2,1H3,(H,19,22). The number of benzene rings is 2. The number of thioether (sulfide) groups is 1. The highest BCUT2D eigenvalue weighted by Crippen LogP contribution is 2.31. The van der Waals surface area contributed by atoms with E-state index >= 15 is 0 Å². The van der Waals surface area contributed by atoms with E-state index in [-0.39, 0.29) is 11.7 Å². The second-order valence-electron chi connectivity index (χ2n) is 5.11. The monoisotopic (exact) mass is 376 g/mol. The molecule has 1 aromatic heterocycles. The second-order valence-corrected chi connectivity index (χ2v) is 7.80. The Balaban J connectivity index is 1.76. The van der Waals surface area contributed by atoms with Gasteiger partial charge in [0.15, 0.2) is 4.34 Å². The van der Waals surface area contributed by atoms with Crippen molar-refractivity contribution in [3.8, 4) is 0 Å². The molecule has 0 aliphatic carbocycles. The maximum Gasteiger partial charge on any atom is 0.255 e. The van der Waals surface area contributed by atoms with E-state index in [4.69, 9.17) is 11.6 Å². The lowest BCUT2D eigenvalue weighted by atomic mass is 10.2. The van der Waals surface area contributed by atoms with Crippen LogP contribution in [0.2, 0.25) is 5.02 Å². The number of carbonyl (C=O) groups is 2. The zero-order valence-electron chi connectivity index (χ0n) is 12.7. The van der Waals surface area contributed by atoms with Crippen molar-refractivity contribution >= 4 is 62.3 Å². The van der Waals surface area contributed by atoms with Crippen LogP contribution in [0.4, 0.5) is 5.69 Å². The molecule has 122 valence electrons. The van der Waals surface area contributed by atoms with Crippen LogP contribution in [0, 0.1) is 0 Å². The summed E-state index contributed by atoms with van der Waals surface area (Å²) in [5.74, 6) is 0.344. The van der Waals surface area contributed by atoms with Gasteiger partial charge in [-0.25, -0.2) is 4.98 Å². The van der Waals surface area contributed by atoms with Crippen molar-refractivity contribution in [3.63, 3.8) is 0 Å². The fraction of sp³-hybridized carbons (Fsp3) is 0.118. The zero-order chi connectivity index (χ0) is 17.1. The highest BCUT2D eigenvalue weighted by Gasteiger charge is 2.09. The highest BCUT2D eigenvalue weighted by molar-refractivity contribution is 8.01. The molecule has 0 saturated heterocycles. The number of thiazole rings is 1. The van der Waals surface area contributed by atoms with Crippen LogP contribution in [0.1, 0.15) is 17.3 Å². The van der Waals surface area contributed by atoms with Gasteiger partial charge in [0.05, 0.1) is 16.0 Å². The lowest BCUT2D eigenvalue weighted by molar-refractivity contribution is -0.114. The van der Waals surface area contributed by atoms with E-state index in [1.807, 2.05) is 18.2 Å². The maximum atomic E-state index is 12.2. The summed E-state index contributed by atoms with van der Waals surface area (Å²) >= 11 is 8.77. The predicted octanol–water partition coefficient (Wildman–Crippen LogP) is 4.88. The maximum absolute atomic E-state index is 12.2. The van der Waals surface area contributed by atoms with E-state index in [0.717, 1.165) is 14.6 Å². The van der Waals surface area contributed by atoms with E-state index in [1.54, 1.807) is 31.2 Å². The minimum absolute atomic E-state index is 0.121. The molecule has 0 aliphatic heterocycles. The zero-order valence-corrected chi connectivity index (χ0v) is 15.1. The lowest BCUT2D eigenvalue weighted by Crippen LogP contribution is -2.11. The number of halogens is 1. The first-order chi connectivity index (χ1) is 11.5. The number of fused-ring (bicyclic) bond motifs is 1. The van der Waals surface area contributed by atoms with E-state index in [9.17, 15) is 9.59 Å². The Bertz CT molecular complexity index is 907. The van der Waals surface area contributed by atoms with Gasteiger partial charge in [0.25, 0.3) is 5.91 Å². The van der Waals surface area contributed by atoms with E-state index < -0.39 is 0 Å². The number of Topliss-reactive ketones (excluding diaryl/α,β-unsaturated/α-hetero) is 1. The summed E-state index contributed by atoms with van der Waals surface area (Å²) < 4.78 is 1.82. The number of nitrogens with zero attached hydrogens (tertiary/aromatic N) is 1. The lowest BCUT2D eigenvalue weighted by Gasteiger charge is -2.05. The Labute approximate surface area is 152 Å². The van der Waals surface area contributed by atoms with Crippen molar-refractivity contribution in [2.24, 2.45) is 0 Å². The van der Waals surface area contributed by atoms with Crippen molar-refractivity contribution in [2.45, 2.75) is 11.3 Å². The summed E-state index contributed by atoms with van der Waals surface area (Å²) in [7, 11) is 0. The summed E-state index contributed by atoms with van der Waals surface area (Å²) in [6.07, 6.45) is 0. The number of ketones is 1. The van der Waals surface area contributed by atoms with Crippen LogP contribution in [-0.4, -0.2) is 22.4 Å². The molecule has 24 heavy (non-hydrogen) atoms. The molecule has 0 fully saturated rings. The van der Waals surface area contributed by atoms with Crippen LogP contribution in [0.5, 0.6) is 0 Å². The first-order valence-corrected chi connectivity index (χ1v) is 9.29. The molecule has 7 heteroatoms. The third kappa shape index (κ3) is 4.14. The minimum Gasteiger partial charge on any atom is -0.322 e. The first-order valence-electron chi connectivity index (χ1n) is 7.11. The molecule has 4 nitrogen and oxygen atoms in total. The average molecular weight is 377 g/mol. The molecule has 1 N–H and O–H groups in total. The van der Waals surface area contributed by atoms with Gasteiger partial charge >= 0.3 is 0 Å². The largest absolute Gasteiger partial charge is 0.322 e. The highest BCUT2D eigenvalue weighted by atomic mass is 35.5.